The van der Waals surface area contributed by atoms with Gasteiger partial charge in [-0.25, -0.2) is 4.39 Å². The lowest BCUT2D eigenvalue weighted by atomic mass is 9.66. The standard InChI is InChI=1S/C32H37BFO4/c1-20(2)17-29(27-13-9-23(19-28(27)34)31(37)33-16-15-30(35)36)38-25-12-14-26(21(3)18-25)22-7-10-24(11-8-22)32(4,5)6/h7-14,18-20,29H,15-17H2,1-6H3,(H,35,36). The number of aliphatic carboxylic acids is 1. The maximum Gasteiger partial charge on any atom is 0.302 e. The number of hydrogen-bond donors (Lipinski definition) is 1. The van der Waals surface area contributed by atoms with Crippen LogP contribution in [0, 0.1) is 18.7 Å². The lowest BCUT2D eigenvalue weighted by Crippen LogP contribution is -2.15. The number of benzene rings is 3. The summed E-state index contributed by atoms with van der Waals surface area (Å²) in [5, 5.41) is 8.75. The second-order valence-corrected chi connectivity index (χ2v) is 11.3. The summed E-state index contributed by atoms with van der Waals surface area (Å²) in [6.07, 6.45) is 0.0415. The van der Waals surface area contributed by atoms with E-state index in [1.807, 2.05) is 25.1 Å². The molecule has 0 aromatic heterocycles. The third kappa shape index (κ3) is 7.80. The fourth-order valence-corrected chi connectivity index (χ4v) is 4.40. The van der Waals surface area contributed by atoms with Crippen molar-refractivity contribution in [3.8, 4) is 16.9 Å². The summed E-state index contributed by atoms with van der Waals surface area (Å²) >= 11 is 0. The molecule has 0 aliphatic heterocycles. The molecule has 0 saturated carbocycles. The fraction of sp³-hybridized carbons (Fsp3) is 0.375. The molecule has 3 rings (SSSR count). The quantitative estimate of drug-likeness (QED) is 0.263. The molecule has 0 amide bonds. The van der Waals surface area contributed by atoms with Crippen molar-refractivity contribution in [3.63, 3.8) is 0 Å². The van der Waals surface area contributed by atoms with Crippen LogP contribution in [0.2, 0.25) is 6.32 Å². The molecule has 3 aromatic rings. The van der Waals surface area contributed by atoms with Crippen molar-refractivity contribution in [2.24, 2.45) is 5.92 Å². The summed E-state index contributed by atoms with van der Waals surface area (Å²) in [6, 6.07) is 18.9. The highest BCUT2D eigenvalue weighted by Gasteiger charge is 2.22. The van der Waals surface area contributed by atoms with Gasteiger partial charge in [0.25, 0.3) is 0 Å². The molecule has 0 spiro atoms. The van der Waals surface area contributed by atoms with Gasteiger partial charge in [-0.1, -0.05) is 83.4 Å². The Morgan fingerprint density at radius 3 is 2.24 bits per heavy atom. The van der Waals surface area contributed by atoms with Crippen LogP contribution in [0.4, 0.5) is 4.39 Å². The maximum absolute atomic E-state index is 15.2. The third-order valence-corrected chi connectivity index (χ3v) is 6.54. The van der Waals surface area contributed by atoms with Crippen molar-refractivity contribution in [3.05, 3.63) is 88.7 Å². The smallest absolute Gasteiger partial charge is 0.302 e. The molecule has 0 fully saturated rings. The van der Waals surface area contributed by atoms with E-state index in [0.29, 0.717) is 17.7 Å². The number of carbonyl (C=O) groups is 2. The molecule has 1 radical (unpaired) electrons. The van der Waals surface area contributed by atoms with E-state index in [9.17, 15) is 9.59 Å². The molecule has 4 nitrogen and oxygen atoms in total. The lowest BCUT2D eigenvalue weighted by molar-refractivity contribution is -0.136. The van der Waals surface area contributed by atoms with Crippen LogP contribution in [0.5, 0.6) is 5.75 Å². The van der Waals surface area contributed by atoms with Gasteiger partial charge in [0.05, 0.1) is 0 Å². The zero-order chi connectivity index (χ0) is 28.0. The van der Waals surface area contributed by atoms with E-state index in [1.165, 1.54) is 18.9 Å². The predicted molar refractivity (Wildman–Crippen MR) is 152 cm³/mol. The highest BCUT2D eigenvalue weighted by atomic mass is 19.1. The van der Waals surface area contributed by atoms with Crippen LogP contribution in [0.3, 0.4) is 0 Å². The van der Waals surface area contributed by atoms with Crippen LogP contribution in [0.15, 0.2) is 60.7 Å². The topological polar surface area (TPSA) is 63.6 Å². The molecule has 199 valence electrons. The number of carbonyl (C=O) groups excluding carboxylic acids is 1. The molecule has 0 heterocycles. The molecule has 1 atom stereocenters. The van der Waals surface area contributed by atoms with Gasteiger partial charge >= 0.3 is 5.97 Å². The zero-order valence-corrected chi connectivity index (χ0v) is 23.2. The number of ether oxygens (including phenoxy) is 1. The van der Waals surface area contributed by atoms with Gasteiger partial charge in [-0.15, -0.1) is 0 Å². The number of carboxylic acids is 1. The van der Waals surface area contributed by atoms with E-state index >= 15 is 4.39 Å². The average Bonchev–Trinajstić information content (AvgIpc) is 2.82. The SMILES string of the molecule is Cc1cc(OC(CC(C)C)c2ccc(C(=O)[B]CCC(=O)O)cc2F)ccc1-c1ccc(C(C)(C)C)cc1. The molecule has 0 saturated heterocycles. The third-order valence-electron chi connectivity index (χ3n) is 6.54. The van der Waals surface area contributed by atoms with Gasteiger partial charge in [-0.05, 0) is 65.1 Å². The summed E-state index contributed by atoms with van der Waals surface area (Å²) in [5.74, 6) is -0.581. The molecular formula is C32H37BFO4. The molecule has 3 aromatic carbocycles. The first-order valence-electron chi connectivity index (χ1n) is 13.1. The summed E-state index contributed by atoms with van der Waals surface area (Å²) < 4.78 is 21.5. The van der Waals surface area contributed by atoms with Crippen LogP contribution in [-0.4, -0.2) is 24.0 Å². The Balaban J connectivity index is 1.80. The fourth-order valence-electron chi connectivity index (χ4n) is 4.40. The van der Waals surface area contributed by atoms with Crippen molar-refractivity contribution in [2.75, 3.05) is 0 Å². The Kier molecular flexibility index (Phi) is 9.53. The van der Waals surface area contributed by atoms with Gasteiger partial charge in [-0.2, -0.15) is 0 Å². The normalized spacial score (nSPS) is 12.3. The highest BCUT2D eigenvalue weighted by Crippen LogP contribution is 2.34. The van der Waals surface area contributed by atoms with Gasteiger partial charge in [0.1, 0.15) is 23.4 Å². The van der Waals surface area contributed by atoms with Crippen molar-refractivity contribution in [1.82, 2.24) is 0 Å². The van der Waals surface area contributed by atoms with Crippen LogP contribution in [0.1, 0.15) is 80.6 Å². The highest BCUT2D eigenvalue weighted by molar-refractivity contribution is 6.77. The summed E-state index contributed by atoms with van der Waals surface area (Å²) in [4.78, 5) is 23.0. The first-order valence-corrected chi connectivity index (χ1v) is 13.1. The maximum atomic E-state index is 15.2. The molecule has 38 heavy (non-hydrogen) atoms. The summed E-state index contributed by atoms with van der Waals surface area (Å²) in [7, 11) is 1.28. The largest absolute Gasteiger partial charge is 0.486 e. The van der Waals surface area contributed by atoms with Crippen LogP contribution >= 0.6 is 0 Å². The number of halogens is 1. The second kappa shape index (κ2) is 12.4. The molecule has 0 aliphatic carbocycles. The van der Waals surface area contributed by atoms with Crippen molar-refractivity contribution in [1.29, 1.82) is 0 Å². The van der Waals surface area contributed by atoms with Crippen LogP contribution < -0.4 is 4.74 Å². The molecule has 6 heteroatoms. The molecule has 0 aliphatic rings. The Morgan fingerprint density at radius 2 is 1.68 bits per heavy atom. The molecular weight excluding hydrogens is 478 g/mol. The van der Waals surface area contributed by atoms with Gasteiger partial charge < -0.3 is 14.6 Å². The second-order valence-electron chi connectivity index (χ2n) is 11.3. The van der Waals surface area contributed by atoms with Crippen molar-refractivity contribution in [2.45, 2.75) is 72.2 Å². The molecule has 1 unspecified atom stereocenters. The Bertz CT molecular complexity index is 1280. The van der Waals surface area contributed by atoms with E-state index in [1.54, 1.807) is 12.1 Å². The number of carboxylic acid groups (broad SMARTS) is 1. The Labute approximate surface area is 226 Å². The summed E-state index contributed by atoms with van der Waals surface area (Å²) in [6.45, 7) is 12.7. The monoisotopic (exact) mass is 515 g/mol. The van der Waals surface area contributed by atoms with Crippen molar-refractivity contribution >= 4 is 18.9 Å². The first kappa shape index (κ1) is 29.2. The minimum absolute atomic E-state index is 0.0933. The van der Waals surface area contributed by atoms with Crippen LogP contribution in [0.25, 0.3) is 11.1 Å². The van der Waals surface area contributed by atoms with E-state index in [4.69, 9.17) is 9.84 Å². The summed E-state index contributed by atoms with van der Waals surface area (Å²) in [5.41, 5.74) is 4.88. The number of hydrogen-bond acceptors (Lipinski definition) is 3. The van der Waals surface area contributed by atoms with Gasteiger partial charge in [0.2, 0.25) is 7.28 Å². The minimum atomic E-state index is -0.981. The van der Waals surface area contributed by atoms with Gasteiger partial charge in [0.15, 0.2) is 0 Å². The zero-order valence-electron chi connectivity index (χ0n) is 23.2. The van der Waals surface area contributed by atoms with E-state index in [-0.39, 0.29) is 35.3 Å². The minimum Gasteiger partial charge on any atom is -0.486 e. The van der Waals surface area contributed by atoms with Crippen molar-refractivity contribution < 1.29 is 23.8 Å². The Hall–Kier alpha value is -3.41. The van der Waals surface area contributed by atoms with Crippen LogP contribution in [-0.2, 0) is 10.2 Å². The van der Waals surface area contributed by atoms with E-state index in [2.05, 4.69) is 58.9 Å². The first-order chi connectivity index (χ1) is 17.8. The van der Waals surface area contributed by atoms with Gasteiger partial charge in [-0.3, -0.25) is 4.79 Å². The lowest BCUT2D eigenvalue weighted by Gasteiger charge is -2.23. The molecule has 0 bridgehead atoms. The number of rotatable bonds is 11. The van der Waals surface area contributed by atoms with E-state index < -0.39 is 17.9 Å². The number of aryl methyl sites for hydroxylation is 1. The van der Waals surface area contributed by atoms with E-state index in [0.717, 1.165) is 16.7 Å². The van der Waals surface area contributed by atoms with Gasteiger partial charge in [0, 0.05) is 17.5 Å². The Morgan fingerprint density at radius 1 is 1.00 bits per heavy atom. The molecule has 1 N–H and O–H groups in total. The average molecular weight is 515 g/mol. The predicted octanol–water partition coefficient (Wildman–Crippen LogP) is 8.00.